The quantitative estimate of drug-likeness (QED) is 0.529. The number of amides is 1. The number of hydrogen-bond acceptors (Lipinski definition) is 4. The molecular weight excluding hydrogens is 443 g/mol. The number of ether oxygens (including phenoxy) is 1. The van der Waals surface area contributed by atoms with Gasteiger partial charge < -0.3 is 10.1 Å². The van der Waals surface area contributed by atoms with E-state index >= 15 is 0 Å². The summed E-state index contributed by atoms with van der Waals surface area (Å²) in [6.07, 6.45) is 0.108. The first kappa shape index (κ1) is 22.7. The molecule has 1 amide bonds. The summed E-state index contributed by atoms with van der Waals surface area (Å²) >= 11 is 5.77. The van der Waals surface area contributed by atoms with Crippen LogP contribution in [-0.2, 0) is 21.2 Å². The van der Waals surface area contributed by atoms with Crippen LogP contribution in [0, 0.1) is 5.82 Å². The number of sulfonamides is 1. The van der Waals surface area contributed by atoms with Crippen molar-refractivity contribution in [3.63, 3.8) is 0 Å². The lowest BCUT2D eigenvalue weighted by Gasteiger charge is -2.19. The van der Waals surface area contributed by atoms with Crippen molar-refractivity contribution in [2.75, 3.05) is 12.4 Å². The van der Waals surface area contributed by atoms with Crippen molar-refractivity contribution >= 4 is 33.2 Å². The van der Waals surface area contributed by atoms with Gasteiger partial charge in [0, 0.05) is 5.69 Å². The Bertz CT molecular complexity index is 1160. The van der Waals surface area contributed by atoms with Crippen LogP contribution in [0.25, 0.3) is 0 Å². The molecular formula is C22H20ClFN2O4S. The van der Waals surface area contributed by atoms with Crippen molar-refractivity contribution in [2.45, 2.75) is 17.4 Å². The SMILES string of the molecule is COc1ccc(S(=O)(=O)NC(Cc2ccccc2)C(=O)Nc2ccc(F)c(Cl)c2)cc1. The highest BCUT2D eigenvalue weighted by Gasteiger charge is 2.26. The number of carbonyl (C=O) groups is 1. The maximum atomic E-state index is 13.4. The first-order valence-corrected chi connectivity index (χ1v) is 11.1. The Balaban J connectivity index is 1.85. The Morgan fingerprint density at radius 3 is 2.35 bits per heavy atom. The number of rotatable bonds is 8. The number of anilines is 1. The highest BCUT2D eigenvalue weighted by molar-refractivity contribution is 7.89. The molecule has 0 radical (unpaired) electrons. The van der Waals surface area contributed by atoms with Crippen LogP contribution in [0.3, 0.4) is 0 Å². The van der Waals surface area contributed by atoms with Crippen LogP contribution in [0.4, 0.5) is 10.1 Å². The molecule has 3 rings (SSSR count). The molecule has 162 valence electrons. The average Bonchev–Trinajstić information content (AvgIpc) is 2.76. The summed E-state index contributed by atoms with van der Waals surface area (Å²) < 4.78 is 46.7. The molecule has 0 aromatic heterocycles. The number of hydrogen-bond donors (Lipinski definition) is 2. The number of carbonyl (C=O) groups excluding carboxylic acids is 1. The van der Waals surface area contributed by atoms with Crippen molar-refractivity contribution in [3.8, 4) is 5.75 Å². The topological polar surface area (TPSA) is 84.5 Å². The Hall–Kier alpha value is -2.94. The van der Waals surface area contributed by atoms with E-state index in [9.17, 15) is 17.6 Å². The highest BCUT2D eigenvalue weighted by Crippen LogP contribution is 2.20. The van der Waals surface area contributed by atoms with Gasteiger partial charge in [-0.1, -0.05) is 41.9 Å². The fourth-order valence-electron chi connectivity index (χ4n) is 2.85. The Morgan fingerprint density at radius 2 is 1.74 bits per heavy atom. The molecule has 31 heavy (non-hydrogen) atoms. The molecule has 1 atom stereocenters. The Kier molecular flexibility index (Phi) is 7.27. The summed E-state index contributed by atoms with van der Waals surface area (Å²) in [7, 11) is -2.53. The molecule has 0 spiro atoms. The molecule has 0 bridgehead atoms. The molecule has 3 aromatic rings. The smallest absolute Gasteiger partial charge is 0.242 e. The van der Waals surface area contributed by atoms with Crippen LogP contribution < -0.4 is 14.8 Å². The fourth-order valence-corrected chi connectivity index (χ4v) is 4.23. The fraction of sp³-hybridized carbons (Fsp3) is 0.136. The third-order valence-electron chi connectivity index (χ3n) is 4.45. The van der Waals surface area contributed by atoms with Crippen LogP contribution in [0.15, 0.2) is 77.7 Å². The summed E-state index contributed by atoms with van der Waals surface area (Å²) in [4.78, 5) is 12.9. The predicted molar refractivity (Wildman–Crippen MR) is 117 cm³/mol. The number of halogens is 2. The minimum atomic E-state index is -4.01. The van der Waals surface area contributed by atoms with Gasteiger partial charge in [0.1, 0.15) is 17.6 Å². The van der Waals surface area contributed by atoms with E-state index in [0.29, 0.717) is 5.75 Å². The summed E-state index contributed by atoms with van der Waals surface area (Å²) in [6, 6.07) is 17.4. The van der Waals surface area contributed by atoms with Gasteiger partial charge in [0.25, 0.3) is 0 Å². The predicted octanol–water partition coefficient (Wildman–Crippen LogP) is 4.02. The first-order valence-electron chi connectivity index (χ1n) is 9.25. The van der Waals surface area contributed by atoms with E-state index < -0.39 is 27.8 Å². The van der Waals surface area contributed by atoms with Gasteiger partial charge in [-0.2, -0.15) is 4.72 Å². The summed E-state index contributed by atoms with van der Waals surface area (Å²) in [5.41, 5.74) is 1.01. The Labute approximate surface area is 185 Å². The zero-order valence-corrected chi connectivity index (χ0v) is 18.1. The molecule has 0 saturated heterocycles. The first-order chi connectivity index (χ1) is 14.8. The summed E-state index contributed by atoms with van der Waals surface area (Å²) in [5.74, 6) is -0.727. The molecule has 0 saturated carbocycles. The number of benzene rings is 3. The van der Waals surface area contributed by atoms with Crippen LogP contribution in [0.5, 0.6) is 5.75 Å². The standard InChI is InChI=1S/C22H20ClFN2O4S/c1-30-17-8-10-18(11-9-17)31(28,29)26-21(13-15-5-3-2-4-6-15)22(27)25-16-7-12-20(24)19(23)14-16/h2-12,14,21,26H,13H2,1H3,(H,25,27). The minimum absolute atomic E-state index is 0.0102. The molecule has 0 aliphatic heterocycles. The third kappa shape index (κ3) is 6.04. The zero-order valence-electron chi connectivity index (χ0n) is 16.5. The van der Waals surface area contributed by atoms with E-state index in [1.165, 1.54) is 43.5 Å². The summed E-state index contributed by atoms with van der Waals surface area (Å²) in [6.45, 7) is 0. The second kappa shape index (κ2) is 9.91. The lowest BCUT2D eigenvalue weighted by atomic mass is 10.1. The number of methoxy groups -OCH3 is 1. The van der Waals surface area contributed by atoms with E-state index in [1.807, 2.05) is 6.07 Å². The number of nitrogens with one attached hydrogen (secondary N) is 2. The molecule has 0 heterocycles. The minimum Gasteiger partial charge on any atom is -0.497 e. The molecule has 3 aromatic carbocycles. The molecule has 6 nitrogen and oxygen atoms in total. The highest BCUT2D eigenvalue weighted by atomic mass is 35.5. The molecule has 9 heteroatoms. The van der Waals surface area contributed by atoms with Crippen LogP contribution in [-0.4, -0.2) is 27.5 Å². The van der Waals surface area contributed by atoms with E-state index in [-0.39, 0.29) is 22.0 Å². The van der Waals surface area contributed by atoms with Gasteiger partial charge in [0.2, 0.25) is 15.9 Å². The zero-order chi connectivity index (χ0) is 22.4. The van der Waals surface area contributed by atoms with Crippen molar-refractivity contribution in [1.29, 1.82) is 0 Å². The van der Waals surface area contributed by atoms with Gasteiger partial charge in [0.05, 0.1) is 17.0 Å². The monoisotopic (exact) mass is 462 g/mol. The van der Waals surface area contributed by atoms with Crippen LogP contribution in [0.1, 0.15) is 5.56 Å². The van der Waals surface area contributed by atoms with E-state index in [1.54, 1.807) is 24.3 Å². The van der Waals surface area contributed by atoms with Gasteiger partial charge in [-0.15, -0.1) is 0 Å². The second-order valence-electron chi connectivity index (χ2n) is 6.66. The van der Waals surface area contributed by atoms with Gasteiger partial charge in [-0.3, -0.25) is 4.79 Å². The molecule has 0 fully saturated rings. The molecule has 1 unspecified atom stereocenters. The molecule has 2 N–H and O–H groups in total. The van der Waals surface area contributed by atoms with E-state index in [2.05, 4.69) is 10.0 Å². The van der Waals surface area contributed by atoms with Gasteiger partial charge in [-0.25, -0.2) is 12.8 Å². The Morgan fingerprint density at radius 1 is 1.06 bits per heavy atom. The second-order valence-corrected chi connectivity index (χ2v) is 8.78. The maximum Gasteiger partial charge on any atom is 0.242 e. The third-order valence-corrected chi connectivity index (χ3v) is 6.23. The van der Waals surface area contributed by atoms with Crippen molar-refractivity contribution in [1.82, 2.24) is 4.72 Å². The van der Waals surface area contributed by atoms with Crippen molar-refractivity contribution < 1.29 is 22.3 Å². The lowest BCUT2D eigenvalue weighted by molar-refractivity contribution is -0.117. The lowest BCUT2D eigenvalue weighted by Crippen LogP contribution is -2.45. The molecule has 0 aliphatic rings. The normalized spacial score (nSPS) is 12.2. The largest absolute Gasteiger partial charge is 0.497 e. The van der Waals surface area contributed by atoms with Gasteiger partial charge in [0.15, 0.2) is 0 Å². The average molecular weight is 463 g/mol. The van der Waals surface area contributed by atoms with Crippen molar-refractivity contribution in [3.05, 3.63) is 89.2 Å². The van der Waals surface area contributed by atoms with Gasteiger partial charge in [-0.05, 0) is 54.4 Å². The van der Waals surface area contributed by atoms with Crippen LogP contribution in [0.2, 0.25) is 5.02 Å². The maximum absolute atomic E-state index is 13.4. The summed E-state index contributed by atoms with van der Waals surface area (Å²) in [5, 5.41) is 2.43. The molecule has 0 aliphatic carbocycles. The van der Waals surface area contributed by atoms with Crippen LogP contribution >= 0.6 is 11.6 Å². The van der Waals surface area contributed by atoms with Gasteiger partial charge >= 0.3 is 0 Å². The van der Waals surface area contributed by atoms with Crippen molar-refractivity contribution in [2.24, 2.45) is 0 Å². The van der Waals surface area contributed by atoms with E-state index in [0.717, 1.165) is 11.6 Å². The van der Waals surface area contributed by atoms with E-state index in [4.69, 9.17) is 16.3 Å².